The average molecular weight is 219 g/mol. The molecule has 0 aliphatic heterocycles. The van der Waals surface area contributed by atoms with Gasteiger partial charge in [0, 0.05) is 5.69 Å². The molecule has 1 aromatic rings. The standard InChI is InChI=1S/C13H17NO2/c1-3-16-12(15)13(7-8-13)14-11-6-4-5-10(2)9-11/h4-6,9,14H,3,7-8H2,1-2H3. The van der Waals surface area contributed by atoms with Crippen molar-refractivity contribution in [3.63, 3.8) is 0 Å². The van der Waals surface area contributed by atoms with Crippen LogP contribution >= 0.6 is 0 Å². The molecule has 0 heterocycles. The Morgan fingerprint density at radius 2 is 2.25 bits per heavy atom. The molecule has 1 aromatic carbocycles. The molecule has 2 rings (SSSR count). The van der Waals surface area contributed by atoms with Gasteiger partial charge in [0.05, 0.1) is 6.61 Å². The van der Waals surface area contributed by atoms with Gasteiger partial charge in [-0.05, 0) is 44.4 Å². The number of rotatable bonds is 4. The fourth-order valence-corrected chi connectivity index (χ4v) is 1.77. The summed E-state index contributed by atoms with van der Waals surface area (Å²) in [6.45, 7) is 4.31. The van der Waals surface area contributed by atoms with Crippen molar-refractivity contribution in [2.24, 2.45) is 0 Å². The van der Waals surface area contributed by atoms with Gasteiger partial charge in [-0.15, -0.1) is 0 Å². The Kier molecular flexibility index (Phi) is 2.86. The van der Waals surface area contributed by atoms with Crippen molar-refractivity contribution in [2.75, 3.05) is 11.9 Å². The first-order valence-electron chi connectivity index (χ1n) is 5.68. The minimum Gasteiger partial charge on any atom is -0.464 e. The van der Waals surface area contributed by atoms with Crippen molar-refractivity contribution in [1.82, 2.24) is 0 Å². The first kappa shape index (κ1) is 11.0. The monoisotopic (exact) mass is 219 g/mol. The number of nitrogens with one attached hydrogen (secondary N) is 1. The summed E-state index contributed by atoms with van der Waals surface area (Å²) in [5.41, 5.74) is 1.72. The molecule has 3 heteroatoms. The van der Waals surface area contributed by atoms with E-state index in [1.165, 1.54) is 5.56 Å². The van der Waals surface area contributed by atoms with Crippen molar-refractivity contribution in [3.8, 4) is 0 Å². The molecule has 1 N–H and O–H groups in total. The third kappa shape index (κ3) is 2.18. The maximum atomic E-state index is 11.7. The maximum Gasteiger partial charge on any atom is 0.331 e. The Morgan fingerprint density at radius 3 is 2.81 bits per heavy atom. The van der Waals surface area contributed by atoms with Gasteiger partial charge in [-0.2, -0.15) is 0 Å². The molecule has 0 aromatic heterocycles. The lowest BCUT2D eigenvalue weighted by Gasteiger charge is -2.17. The van der Waals surface area contributed by atoms with Crippen LogP contribution in [0.3, 0.4) is 0 Å². The normalized spacial score (nSPS) is 16.6. The molecule has 1 saturated carbocycles. The van der Waals surface area contributed by atoms with E-state index in [0.717, 1.165) is 18.5 Å². The molecule has 0 bridgehead atoms. The van der Waals surface area contributed by atoms with Crippen molar-refractivity contribution >= 4 is 11.7 Å². The molecule has 0 radical (unpaired) electrons. The largest absolute Gasteiger partial charge is 0.464 e. The van der Waals surface area contributed by atoms with E-state index in [-0.39, 0.29) is 5.97 Å². The van der Waals surface area contributed by atoms with Crippen molar-refractivity contribution in [2.45, 2.75) is 32.2 Å². The van der Waals surface area contributed by atoms with E-state index in [4.69, 9.17) is 4.74 Å². The zero-order valence-electron chi connectivity index (χ0n) is 9.75. The minimum absolute atomic E-state index is 0.128. The molecule has 0 amide bonds. The molecule has 0 spiro atoms. The van der Waals surface area contributed by atoms with Crippen molar-refractivity contribution < 1.29 is 9.53 Å². The van der Waals surface area contributed by atoms with Gasteiger partial charge in [0.25, 0.3) is 0 Å². The lowest BCUT2D eigenvalue weighted by Crippen LogP contribution is -2.33. The third-order valence-corrected chi connectivity index (χ3v) is 2.82. The van der Waals surface area contributed by atoms with E-state index in [0.29, 0.717) is 6.61 Å². The van der Waals surface area contributed by atoms with Crippen LogP contribution in [-0.4, -0.2) is 18.1 Å². The number of carbonyl (C=O) groups is 1. The molecule has 3 nitrogen and oxygen atoms in total. The zero-order valence-corrected chi connectivity index (χ0v) is 9.75. The fourth-order valence-electron chi connectivity index (χ4n) is 1.77. The van der Waals surface area contributed by atoms with E-state index >= 15 is 0 Å². The SMILES string of the molecule is CCOC(=O)C1(Nc2cccc(C)c2)CC1. The van der Waals surface area contributed by atoms with Crippen LogP contribution in [-0.2, 0) is 9.53 Å². The van der Waals surface area contributed by atoms with Crippen LogP contribution in [0.5, 0.6) is 0 Å². The van der Waals surface area contributed by atoms with Gasteiger partial charge in [-0.3, -0.25) is 0 Å². The van der Waals surface area contributed by atoms with Crippen LogP contribution in [0.25, 0.3) is 0 Å². The lowest BCUT2D eigenvalue weighted by atomic mass is 10.2. The van der Waals surface area contributed by atoms with Crippen LogP contribution in [0.15, 0.2) is 24.3 Å². The van der Waals surface area contributed by atoms with Gasteiger partial charge in [0.1, 0.15) is 5.54 Å². The number of anilines is 1. The summed E-state index contributed by atoms with van der Waals surface area (Å²) in [6, 6.07) is 8.04. The number of aryl methyl sites for hydroxylation is 1. The molecule has 1 aliphatic rings. The zero-order chi connectivity index (χ0) is 11.6. The van der Waals surface area contributed by atoms with Crippen LogP contribution in [0, 0.1) is 6.92 Å². The van der Waals surface area contributed by atoms with Crippen molar-refractivity contribution in [3.05, 3.63) is 29.8 Å². The molecule has 86 valence electrons. The predicted molar refractivity (Wildman–Crippen MR) is 63.4 cm³/mol. The lowest BCUT2D eigenvalue weighted by molar-refractivity contribution is -0.145. The van der Waals surface area contributed by atoms with E-state index in [9.17, 15) is 4.79 Å². The quantitative estimate of drug-likeness (QED) is 0.791. The summed E-state index contributed by atoms with van der Waals surface area (Å²) in [6.07, 6.45) is 1.72. The average Bonchev–Trinajstić information content (AvgIpc) is 2.99. The first-order chi connectivity index (χ1) is 7.66. The second-order valence-electron chi connectivity index (χ2n) is 4.30. The van der Waals surface area contributed by atoms with Gasteiger partial charge in [0.15, 0.2) is 0 Å². The van der Waals surface area contributed by atoms with E-state index < -0.39 is 5.54 Å². The maximum absolute atomic E-state index is 11.7. The smallest absolute Gasteiger partial charge is 0.331 e. The van der Waals surface area contributed by atoms with E-state index in [1.54, 1.807) is 0 Å². The fraction of sp³-hybridized carbons (Fsp3) is 0.462. The predicted octanol–water partition coefficient (Wildman–Crippen LogP) is 2.50. The van der Waals surface area contributed by atoms with E-state index in [1.807, 2.05) is 38.1 Å². The van der Waals surface area contributed by atoms with Gasteiger partial charge >= 0.3 is 5.97 Å². The van der Waals surface area contributed by atoms with Gasteiger partial charge in [-0.1, -0.05) is 12.1 Å². The Morgan fingerprint density at radius 1 is 1.50 bits per heavy atom. The second-order valence-corrected chi connectivity index (χ2v) is 4.30. The molecule has 0 unspecified atom stereocenters. The Bertz CT molecular complexity index is 397. The highest BCUT2D eigenvalue weighted by Crippen LogP contribution is 2.40. The molecule has 0 atom stereocenters. The molecule has 1 aliphatic carbocycles. The number of hydrogen-bond acceptors (Lipinski definition) is 3. The summed E-state index contributed by atoms with van der Waals surface area (Å²) in [7, 11) is 0. The summed E-state index contributed by atoms with van der Waals surface area (Å²) in [5, 5.41) is 3.28. The summed E-state index contributed by atoms with van der Waals surface area (Å²) < 4.78 is 5.07. The highest BCUT2D eigenvalue weighted by molar-refractivity contribution is 5.88. The van der Waals surface area contributed by atoms with Gasteiger partial charge < -0.3 is 10.1 Å². The van der Waals surface area contributed by atoms with Crippen LogP contribution in [0.1, 0.15) is 25.3 Å². The Balaban J connectivity index is 2.07. The van der Waals surface area contributed by atoms with Crippen LogP contribution in [0.2, 0.25) is 0 Å². The summed E-state index contributed by atoms with van der Waals surface area (Å²) >= 11 is 0. The topological polar surface area (TPSA) is 38.3 Å². The number of esters is 1. The summed E-state index contributed by atoms with van der Waals surface area (Å²) in [5.74, 6) is -0.128. The summed E-state index contributed by atoms with van der Waals surface area (Å²) in [4.78, 5) is 11.7. The van der Waals surface area contributed by atoms with Gasteiger partial charge in [0.2, 0.25) is 0 Å². The minimum atomic E-state index is -0.455. The van der Waals surface area contributed by atoms with E-state index in [2.05, 4.69) is 5.32 Å². The number of hydrogen-bond donors (Lipinski definition) is 1. The highest BCUT2D eigenvalue weighted by atomic mass is 16.5. The molecular formula is C13H17NO2. The van der Waals surface area contributed by atoms with Gasteiger partial charge in [-0.25, -0.2) is 4.79 Å². The molecule has 0 saturated heterocycles. The number of carbonyl (C=O) groups excluding carboxylic acids is 1. The number of ether oxygens (including phenoxy) is 1. The Hall–Kier alpha value is -1.51. The van der Waals surface area contributed by atoms with Crippen LogP contribution < -0.4 is 5.32 Å². The highest BCUT2D eigenvalue weighted by Gasteiger charge is 2.51. The molecule has 16 heavy (non-hydrogen) atoms. The third-order valence-electron chi connectivity index (χ3n) is 2.82. The second kappa shape index (κ2) is 4.16. The first-order valence-corrected chi connectivity index (χ1v) is 5.68. The van der Waals surface area contributed by atoms with Crippen molar-refractivity contribution in [1.29, 1.82) is 0 Å². The number of benzene rings is 1. The van der Waals surface area contributed by atoms with Crippen LogP contribution in [0.4, 0.5) is 5.69 Å². The Labute approximate surface area is 95.8 Å². The molecular weight excluding hydrogens is 202 g/mol. The molecule has 1 fully saturated rings.